The minimum absolute atomic E-state index is 0.0744. The molecule has 1 aliphatic rings. The highest BCUT2D eigenvalue weighted by Crippen LogP contribution is 2.30. The van der Waals surface area contributed by atoms with Crippen LogP contribution in [-0.4, -0.2) is 35.3 Å². The summed E-state index contributed by atoms with van der Waals surface area (Å²) in [6.07, 6.45) is 4.60. The smallest absolute Gasteiger partial charge is 0.247 e. The highest BCUT2D eigenvalue weighted by atomic mass is 35.5. The molecule has 2 aromatic rings. The number of ether oxygens (including phenoxy) is 1. The van der Waals surface area contributed by atoms with Gasteiger partial charge in [0.1, 0.15) is 5.75 Å². The second-order valence-electron chi connectivity index (χ2n) is 7.53. The van der Waals surface area contributed by atoms with E-state index in [1.165, 1.54) is 29.5 Å². The first-order valence-electron chi connectivity index (χ1n) is 10.7. The molecule has 1 N–H and O–H groups in total. The average Bonchev–Trinajstić information content (AvgIpc) is 3.07. The number of hydrogen-bond donors (Lipinski definition) is 1. The lowest BCUT2D eigenvalue weighted by atomic mass is 10.2. The summed E-state index contributed by atoms with van der Waals surface area (Å²) in [6, 6.07) is 13.8. The monoisotopic (exact) mass is 474 g/mol. The number of carbonyl (C=O) groups excluding carboxylic acids is 3. The van der Waals surface area contributed by atoms with Gasteiger partial charge in [0.2, 0.25) is 17.7 Å². The van der Waals surface area contributed by atoms with Crippen molar-refractivity contribution in [1.82, 2.24) is 0 Å². The summed E-state index contributed by atoms with van der Waals surface area (Å²) >= 11 is 7.01. The predicted molar refractivity (Wildman–Crippen MR) is 130 cm³/mol. The Labute approximate surface area is 197 Å². The molecule has 1 heterocycles. The van der Waals surface area contributed by atoms with Crippen LogP contribution < -0.4 is 15.0 Å². The van der Waals surface area contributed by atoms with Gasteiger partial charge in [0.25, 0.3) is 0 Å². The highest BCUT2D eigenvalue weighted by Gasteiger charge is 2.40. The Morgan fingerprint density at radius 1 is 1.09 bits per heavy atom. The molecule has 3 amide bonds. The van der Waals surface area contributed by atoms with Crippen LogP contribution in [0.4, 0.5) is 11.4 Å². The van der Waals surface area contributed by atoms with Gasteiger partial charge in [0, 0.05) is 17.1 Å². The van der Waals surface area contributed by atoms with E-state index in [1.807, 2.05) is 0 Å². The number of imide groups is 1. The van der Waals surface area contributed by atoms with Gasteiger partial charge in [-0.15, -0.1) is 11.8 Å². The van der Waals surface area contributed by atoms with Crippen molar-refractivity contribution in [2.75, 3.05) is 22.6 Å². The van der Waals surface area contributed by atoms with E-state index in [-0.39, 0.29) is 29.9 Å². The summed E-state index contributed by atoms with van der Waals surface area (Å²) in [4.78, 5) is 38.6. The molecule has 1 atom stereocenters. The SMILES string of the molecule is CCCCCCOc1ccc(N2C(=O)C[C@H](SCC(=O)Nc3ccc(Cl)cc3)C2=O)cc1. The summed E-state index contributed by atoms with van der Waals surface area (Å²) in [5, 5.41) is 2.76. The number of anilines is 2. The molecule has 0 spiro atoms. The molecular weight excluding hydrogens is 448 g/mol. The Morgan fingerprint density at radius 2 is 1.81 bits per heavy atom. The van der Waals surface area contributed by atoms with Gasteiger partial charge in [0.15, 0.2) is 0 Å². The first kappa shape index (κ1) is 24.1. The molecule has 0 aliphatic carbocycles. The van der Waals surface area contributed by atoms with E-state index in [1.54, 1.807) is 48.5 Å². The van der Waals surface area contributed by atoms with E-state index in [0.29, 0.717) is 28.8 Å². The molecule has 3 rings (SSSR count). The van der Waals surface area contributed by atoms with Crippen LogP contribution in [0.3, 0.4) is 0 Å². The standard InChI is InChI=1S/C24H27ClN2O4S/c1-2-3-4-5-14-31-20-12-10-19(11-13-20)27-23(29)15-21(24(27)30)32-16-22(28)26-18-8-6-17(25)7-9-18/h6-13,21H,2-5,14-16H2,1H3,(H,26,28)/t21-/m0/s1. The first-order valence-corrected chi connectivity index (χ1v) is 12.2. The van der Waals surface area contributed by atoms with Crippen molar-refractivity contribution < 1.29 is 19.1 Å². The van der Waals surface area contributed by atoms with Crippen molar-refractivity contribution in [2.45, 2.75) is 44.3 Å². The number of halogens is 1. The van der Waals surface area contributed by atoms with Gasteiger partial charge in [0.05, 0.1) is 23.3 Å². The molecule has 1 fully saturated rings. The molecule has 0 unspecified atom stereocenters. The molecule has 32 heavy (non-hydrogen) atoms. The molecule has 0 saturated carbocycles. The van der Waals surface area contributed by atoms with Crippen LogP contribution in [0.2, 0.25) is 5.02 Å². The lowest BCUT2D eigenvalue weighted by molar-refractivity contribution is -0.121. The fourth-order valence-electron chi connectivity index (χ4n) is 3.32. The summed E-state index contributed by atoms with van der Waals surface area (Å²) in [6.45, 7) is 2.82. The lowest BCUT2D eigenvalue weighted by Crippen LogP contribution is -2.31. The van der Waals surface area contributed by atoms with Crippen LogP contribution in [0, 0.1) is 0 Å². The maximum Gasteiger partial charge on any atom is 0.247 e. The zero-order valence-electron chi connectivity index (χ0n) is 18.0. The number of thioether (sulfide) groups is 1. The molecule has 1 saturated heterocycles. The molecule has 0 radical (unpaired) electrons. The molecule has 6 nitrogen and oxygen atoms in total. The third-order valence-electron chi connectivity index (χ3n) is 5.01. The van der Waals surface area contributed by atoms with E-state index in [2.05, 4.69) is 12.2 Å². The minimum Gasteiger partial charge on any atom is -0.494 e. The Morgan fingerprint density at radius 3 is 2.50 bits per heavy atom. The van der Waals surface area contributed by atoms with Gasteiger partial charge in [-0.05, 0) is 55.0 Å². The quantitative estimate of drug-likeness (QED) is 0.353. The Bertz CT molecular complexity index is 934. The van der Waals surface area contributed by atoms with Gasteiger partial charge in [-0.1, -0.05) is 37.8 Å². The van der Waals surface area contributed by atoms with Crippen LogP contribution in [-0.2, 0) is 14.4 Å². The zero-order chi connectivity index (χ0) is 22.9. The largest absolute Gasteiger partial charge is 0.494 e. The molecular formula is C24H27ClN2O4S. The lowest BCUT2D eigenvalue weighted by Gasteiger charge is -2.15. The average molecular weight is 475 g/mol. The van der Waals surface area contributed by atoms with Crippen LogP contribution in [0.25, 0.3) is 0 Å². The number of hydrogen-bond acceptors (Lipinski definition) is 5. The van der Waals surface area contributed by atoms with E-state index >= 15 is 0 Å². The summed E-state index contributed by atoms with van der Waals surface area (Å²) < 4.78 is 5.72. The van der Waals surface area contributed by atoms with Gasteiger partial charge < -0.3 is 10.1 Å². The topological polar surface area (TPSA) is 75.7 Å². The number of amides is 3. The van der Waals surface area contributed by atoms with Crippen LogP contribution in [0.1, 0.15) is 39.0 Å². The first-order chi connectivity index (χ1) is 15.5. The summed E-state index contributed by atoms with van der Waals surface area (Å²) in [7, 11) is 0. The summed E-state index contributed by atoms with van der Waals surface area (Å²) in [5.74, 6) is -0.0118. The van der Waals surface area contributed by atoms with E-state index in [0.717, 1.165) is 12.8 Å². The van der Waals surface area contributed by atoms with E-state index in [4.69, 9.17) is 16.3 Å². The van der Waals surface area contributed by atoms with Crippen LogP contribution >= 0.6 is 23.4 Å². The molecule has 0 aromatic heterocycles. The predicted octanol–water partition coefficient (Wildman–Crippen LogP) is 5.30. The Kier molecular flexibility index (Phi) is 9.00. The van der Waals surface area contributed by atoms with Crippen LogP contribution in [0.5, 0.6) is 5.75 Å². The van der Waals surface area contributed by atoms with E-state index < -0.39 is 5.25 Å². The number of nitrogens with zero attached hydrogens (tertiary/aromatic N) is 1. The highest BCUT2D eigenvalue weighted by molar-refractivity contribution is 8.01. The number of nitrogens with one attached hydrogen (secondary N) is 1. The Balaban J connectivity index is 1.49. The van der Waals surface area contributed by atoms with Gasteiger partial charge in [-0.25, -0.2) is 4.90 Å². The second kappa shape index (κ2) is 11.9. The minimum atomic E-state index is -0.576. The maximum atomic E-state index is 12.8. The molecule has 0 bridgehead atoms. The Hall–Kier alpha value is -2.51. The third-order valence-corrected chi connectivity index (χ3v) is 6.46. The normalized spacial score (nSPS) is 15.8. The zero-order valence-corrected chi connectivity index (χ0v) is 19.6. The number of rotatable bonds is 11. The van der Waals surface area contributed by atoms with E-state index in [9.17, 15) is 14.4 Å². The third kappa shape index (κ3) is 6.74. The van der Waals surface area contributed by atoms with Gasteiger partial charge in [-0.2, -0.15) is 0 Å². The van der Waals surface area contributed by atoms with Crippen LogP contribution in [0.15, 0.2) is 48.5 Å². The van der Waals surface area contributed by atoms with Crippen molar-refractivity contribution in [3.8, 4) is 5.75 Å². The van der Waals surface area contributed by atoms with Crippen molar-refractivity contribution >= 4 is 52.5 Å². The number of unbranched alkanes of at least 4 members (excludes halogenated alkanes) is 3. The summed E-state index contributed by atoms with van der Waals surface area (Å²) in [5.41, 5.74) is 1.15. The van der Waals surface area contributed by atoms with Crippen molar-refractivity contribution in [1.29, 1.82) is 0 Å². The fourth-order valence-corrected chi connectivity index (χ4v) is 4.38. The second-order valence-corrected chi connectivity index (χ2v) is 9.16. The molecule has 170 valence electrons. The van der Waals surface area contributed by atoms with Crippen molar-refractivity contribution in [3.05, 3.63) is 53.6 Å². The molecule has 1 aliphatic heterocycles. The number of benzene rings is 2. The number of carbonyl (C=O) groups is 3. The van der Waals surface area contributed by atoms with Gasteiger partial charge >= 0.3 is 0 Å². The fraction of sp³-hybridized carbons (Fsp3) is 0.375. The van der Waals surface area contributed by atoms with Gasteiger partial charge in [-0.3, -0.25) is 14.4 Å². The molecule has 8 heteroatoms. The van der Waals surface area contributed by atoms with Crippen molar-refractivity contribution in [3.63, 3.8) is 0 Å². The molecule has 2 aromatic carbocycles. The maximum absolute atomic E-state index is 12.8. The van der Waals surface area contributed by atoms with Crippen molar-refractivity contribution in [2.24, 2.45) is 0 Å².